The van der Waals surface area contributed by atoms with Gasteiger partial charge in [0.2, 0.25) is 0 Å². The molecule has 0 aromatic heterocycles. The third kappa shape index (κ3) is 7.67. The van der Waals surface area contributed by atoms with Gasteiger partial charge in [-0.05, 0) is 45.0 Å². The molecule has 1 fully saturated rings. The second-order valence-electron chi connectivity index (χ2n) is 5.25. The van der Waals surface area contributed by atoms with E-state index in [0.29, 0.717) is 5.92 Å². The number of aliphatic imine (C=N–C) groups is 1. The van der Waals surface area contributed by atoms with Gasteiger partial charge >= 0.3 is 0 Å². The van der Waals surface area contributed by atoms with Gasteiger partial charge in [-0.15, -0.1) is 0 Å². The average Bonchev–Trinajstić information content (AvgIpc) is 2.89. The van der Waals surface area contributed by atoms with Gasteiger partial charge < -0.3 is 15.5 Å². The van der Waals surface area contributed by atoms with Gasteiger partial charge in [0.15, 0.2) is 5.96 Å². The molecule has 1 heterocycles. The highest BCUT2D eigenvalue weighted by Gasteiger charge is 2.14. The molecule has 0 aliphatic carbocycles. The summed E-state index contributed by atoms with van der Waals surface area (Å²) in [4.78, 5) is 7.25. The maximum Gasteiger partial charge on any atom is 0.191 e. The molecule has 0 amide bonds. The van der Waals surface area contributed by atoms with E-state index in [1.807, 2.05) is 11.8 Å². The Morgan fingerprint density at radius 3 is 2.68 bits per heavy atom. The lowest BCUT2D eigenvalue weighted by molar-refractivity contribution is 0.291. The molecular formula is C14H30N4S. The lowest BCUT2D eigenvalue weighted by Gasteiger charge is -2.19. The quantitative estimate of drug-likeness (QED) is 0.404. The molecule has 0 radical (unpaired) electrons. The molecule has 112 valence electrons. The summed E-state index contributed by atoms with van der Waals surface area (Å²) in [5.74, 6) is 2.72. The number of nitrogens with zero attached hydrogens (tertiary/aromatic N) is 2. The second-order valence-corrected chi connectivity index (χ2v) is 6.24. The van der Waals surface area contributed by atoms with Crippen molar-refractivity contribution in [2.45, 2.75) is 26.7 Å². The van der Waals surface area contributed by atoms with Crippen LogP contribution in [0.15, 0.2) is 4.99 Å². The highest BCUT2D eigenvalue weighted by molar-refractivity contribution is 7.98. The molecule has 1 aliphatic rings. The zero-order valence-corrected chi connectivity index (χ0v) is 13.6. The van der Waals surface area contributed by atoms with Gasteiger partial charge in [-0.25, -0.2) is 0 Å². The molecule has 1 unspecified atom stereocenters. The average molecular weight is 286 g/mol. The number of thioether (sulfide) groups is 1. The molecule has 1 saturated heterocycles. The van der Waals surface area contributed by atoms with Crippen molar-refractivity contribution in [2.75, 3.05) is 51.3 Å². The van der Waals surface area contributed by atoms with E-state index in [1.54, 1.807) is 0 Å². The van der Waals surface area contributed by atoms with E-state index < -0.39 is 0 Å². The molecule has 2 N–H and O–H groups in total. The van der Waals surface area contributed by atoms with Gasteiger partial charge in [-0.1, -0.05) is 6.92 Å². The molecular weight excluding hydrogens is 256 g/mol. The fourth-order valence-electron chi connectivity index (χ4n) is 2.32. The van der Waals surface area contributed by atoms with Crippen molar-refractivity contribution in [3.05, 3.63) is 0 Å². The van der Waals surface area contributed by atoms with Crippen molar-refractivity contribution >= 4 is 17.7 Å². The minimum absolute atomic E-state index is 0.633. The van der Waals surface area contributed by atoms with Gasteiger partial charge in [-0.2, -0.15) is 11.8 Å². The second kappa shape index (κ2) is 10.4. The summed E-state index contributed by atoms with van der Waals surface area (Å²) in [5.41, 5.74) is 0. The monoisotopic (exact) mass is 286 g/mol. The smallest absolute Gasteiger partial charge is 0.191 e. The molecule has 1 rings (SSSR count). The minimum atomic E-state index is 0.633. The topological polar surface area (TPSA) is 39.7 Å². The molecule has 0 aromatic carbocycles. The van der Waals surface area contributed by atoms with Crippen LogP contribution in [0.3, 0.4) is 0 Å². The normalized spacial score (nSPS) is 18.6. The van der Waals surface area contributed by atoms with Crippen LogP contribution in [-0.2, 0) is 0 Å². The van der Waals surface area contributed by atoms with E-state index in [-0.39, 0.29) is 0 Å². The molecule has 0 aromatic rings. The van der Waals surface area contributed by atoms with Crippen molar-refractivity contribution in [1.82, 2.24) is 15.5 Å². The SMILES string of the molecule is CCNC(=NCC(C)CN1CCCC1)NCCSC. The van der Waals surface area contributed by atoms with Crippen LogP contribution in [0.4, 0.5) is 0 Å². The third-order valence-corrected chi connectivity index (χ3v) is 3.88. The van der Waals surface area contributed by atoms with Gasteiger partial charge in [-0.3, -0.25) is 4.99 Å². The van der Waals surface area contributed by atoms with Crippen LogP contribution in [0, 0.1) is 5.92 Å². The maximum absolute atomic E-state index is 4.69. The lowest BCUT2D eigenvalue weighted by Crippen LogP contribution is -2.39. The lowest BCUT2D eigenvalue weighted by atomic mass is 10.2. The summed E-state index contributed by atoms with van der Waals surface area (Å²) in [6.45, 7) is 11.0. The summed E-state index contributed by atoms with van der Waals surface area (Å²) in [5, 5.41) is 6.68. The van der Waals surface area contributed by atoms with Crippen molar-refractivity contribution < 1.29 is 0 Å². The van der Waals surface area contributed by atoms with E-state index in [4.69, 9.17) is 0 Å². The third-order valence-electron chi connectivity index (χ3n) is 3.27. The summed E-state index contributed by atoms with van der Waals surface area (Å²) >= 11 is 1.86. The van der Waals surface area contributed by atoms with Crippen LogP contribution in [0.1, 0.15) is 26.7 Å². The summed E-state index contributed by atoms with van der Waals surface area (Å²) in [7, 11) is 0. The molecule has 1 atom stereocenters. The first-order chi connectivity index (χ1) is 9.26. The Morgan fingerprint density at radius 2 is 2.05 bits per heavy atom. The van der Waals surface area contributed by atoms with E-state index in [2.05, 4.69) is 40.6 Å². The summed E-state index contributed by atoms with van der Waals surface area (Å²) in [6, 6.07) is 0. The van der Waals surface area contributed by atoms with Crippen LogP contribution >= 0.6 is 11.8 Å². The van der Waals surface area contributed by atoms with Crippen LogP contribution in [0.2, 0.25) is 0 Å². The fourth-order valence-corrected chi connectivity index (χ4v) is 2.63. The first-order valence-corrected chi connectivity index (χ1v) is 8.89. The highest BCUT2D eigenvalue weighted by Crippen LogP contribution is 2.10. The largest absolute Gasteiger partial charge is 0.357 e. The molecule has 0 spiro atoms. The molecule has 1 aliphatic heterocycles. The van der Waals surface area contributed by atoms with Crippen molar-refractivity contribution in [3.63, 3.8) is 0 Å². The number of likely N-dealkylation sites (tertiary alicyclic amines) is 1. The first-order valence-electron chi connectivity index (χ1n) is 7.49. The molecule has 0 bridgehead atoms. The zero-order chi connectivity index (χ0) is 13.9. The molecule has 0 saturated carbocycles. The van der Waals surface area contributed by atoms with Crippen LogP contribution < -0.4 is 10.6 Å². The predicted molar refractivity (Wildman–Crippen MR) is 87.2 cm³/mol. The van der Waals surface area contributed by atoms with Gasteiger partial charge in [0.05, 0.1) is 0 Å². The Balaban J connectivity index is 2.26. The Hall–Kier alpha value is -0.420. The predicted octanol–water partition coefficient (Wildman–Crippen LogP) is 1.64. The standard InChI is InChI=1S/C14H30N4S/c1-4-15-14(16-7-10-19-3)17-11-13(2)12-18-8-5-6-9-18/h13H,4-12H2,1-3H3,(H2,15,16,17). The Labute approximate surface area is 122 Å². The summed E-state index contributed by atoms with van der Waals surface area (Å²) in [6.07, 6.45) is 4.87. The molecule has 5 heteroatoms. The Kier molecular flexibility index (Phi) is 9.08. The van der Waals surface area contributed by atoms with E-state index in [0.717, 1.165) is 31.3 Å². The number of rotatable bonds is 8. The van der Waals surface area contributed by atoms with Crippen LogP contribution in [0.5, 0.6) is 0 Å². The number of hydrogen-bond acceptors (Lipinski definition) is 3. The Bertz CT molecular complexity index is 252. The fraction of sp³-hybridized carbons (Fsp3) is 0.929. The van der Waals surface area contributed by atoms with E-state index in [9.17, 15) is 0 Å². The van der Waals surface area contributed by atoms with Gasteiger partial charge in [0, 0.05) is 31.9 Å². The molecule has 19 heavy (non-hydrogen) atoms. The van der Waals surface area contributed by atoms with Crippen molar-refractivity contribution in [1.29, 1.82) is 0 Å². The number of nitrogens with one attached hydrogen (secondary N) is 2. The zero-order valence-electron chi connectivity index (χ0n) is 12.7. The van der Waals surface area contributed by atoms with Crippen molar-refractivity contribution in [3.8, 4) is 0 Å². The van der Waals surface area contributed by atoms with Crippen molar-refractivity contribution in [2.24, 2.45) is 10.9 Å². The highest BCUT2D eigenvalue weighted by atomic mass is 32.2. The number of hydrogen-bond donors (Lipinski definition) is 2. The van der Waals surface area contributed by atoms with Crippen LogP contribution in [0.25, 0.3) is 0 Å². The van der Waals surface area contributed by atoms with Gasteiger partial charge in [0.25, 0.3) is 0 Å². The maximum atomic E-state index is 4.69. The Morgan fingerprint density at radius 1 is 1.32 bits per heavy atom. The van der Waals surface area contributed by atoms with Gasteiger partial charge in [0.1, 0.15) is 0 Å². The van der Waals surface area contributed by atoms with Crippen LogP contribution in [-0.4, -0.2) is 62.1 Å². The van der Waals surface area contributed by atoms with E-state index >= 15 is 0 Å². The number of guanidine groups is 1. The van der Waals surface area contributed by atoms with E-state index in [1.165, 1.54) is 32.5 Å². The summed E-state index contributed by atoms with van der Waals surface area (Å²) < 4.78 is 0. The first kappa shape index (κ1) is 16.6. The minimum Gasteiger partial charge on any atom is -0.357 e. The molecule has 4 nitrogen and oxygen atoms in total.